The van der Waals surface area contributed by atoms with E-state index in [0.29, 0.717) is 36.7 Å². The van der Waals surface area contributed by atoms with Crippen molar-refractivity contribution in [2.45, 2.75) is 0 Å². The fourth-order valence-electron chi connectivity index (χ4n) is 2.21. The average Bonchev–Trinajstić information content (AvgIpc) is 2.86. The van der Waals surface area contributed by atoms with Gasteiger partial charge in [0.05, 0.1) is 5.02 Å². The van der Waals surface area contributed by atoms with Crippen LogP contribution in [0.1, 0.15) is 10.5 Å². The molecule has 0 aliphatic carbocycles. The molecule has 0 bridgehead atoms. The van der Waals surface area contributed by atoms with Crippen LogP contribution >= 0.6 is 50.7 Å². The molecule has 24 heavy (non-hydrogen) atoms. The van der Waals surface area contributed by atoms with Crippen LogP contribution in [-0.2, 0) is 0 Å². The first-order valence-corrected chi connectivity index (χ1v) is 8.54. The smallest absolute Gasteiger partial charge is 0.357 e. The third kappa shape index (κ3) is 3.17. The van der Waals surface area contributed by atoms with Crippen LogP contribution in [0.4, 0.5) is 0 Å². The van der Waals surface area contributed by atoms with Gasteiger partial charge in [-0.05, 0) is 58.4 Å². The summed E-state index contributed by atoms with van der Waals surface area (Å²) < 4.78 is 1.95. The maximum absolute atomic E-state index is 11.5. The second-order valence-electron chi connectivity index (χ2n) is 4.82. The summed E-state index contributed by atoms with van der Waals surface area (Å²) in [4.78, 5) is 15.7. The molecule has 0 fully saturated rings. The van der Waals surface area contributed by atoms with Crippen molar-refractivity contribution in [3.8, 4) is 17.1 Å². The predicted octanol–water partition coefficient (Wildman–Crippen LogP) is 5.96. The molecule has 0 aliphatic heterocycles. The minimum atomic E-state index is -1.15. The van der Waals surface area contributed by atoms with Crippen molar-refractivity contribution in [1.29, 1.82) is 0 Å². The van der Waals surface area contributed by atoms with E-state index in [0.717, 1.165) is 0 Å². The Bertz CT molecular complexity index is 939. The molecule has 0 unspecified atom stereocenters. The second kappa shape index (κ2) is 6.76. The topological polar surface area (TPSA) is 55.1 Å². The number of hydrogen-bond donors (Lipinski definition) is 1. The Balaban J connectivity index is 2.30. The first-order chi connectivity index (χ1) is 11.4. The van der Waals surface area contributed by atoms with E-state index in [1.54, 1.807) is 47.0 Å². The highest BCUT2D eigenvalue weighted by atomic mass is 79.9. The van der Waals surface area contributed by atoms with E-state index in [1.807, 2.05) is 0 Å². The summed E-state index contributed by atoms with van der Waals surface area (Å²) in [6.07, 6.45) is 0. The van der Waals surface area contributed by atoms with Gasteiger partial charge in [0.15, 0.2) is 5.69 Å². The lowest BCUT2D eigenvalue weighted by atomic mass is 10.2. The molecule has 3 rings (SSSR count). The second-order valence-corrected chi connectivity index (χ2v) is 6.85. The van der Waals surface area contributed by atoms with Gasteiger partial charge in [0.2, 0.25) is 0 Å². The largest absolute Gasteiger partial charge is 0.476 e. The number of aromatic carboxylic acids is 1. The third-order valence-corrected chi connectivity index (χ3v) is 4.81. The van der Waals surface area contributed by atoms with E-state index in [-0.39, 0.29) is 5.69 Å². The number of aromatic nitrogens is 2. The Kier molecular flexibility index (Phi) is 4.88. The standard InChI is InChI=1S/C16H8BrCl3N2O2/c17-14-13(16(23)24)21-15(11-6-3-9(19)7-12(11)20)22(14)10-4-1-8(18)2-5-10/h1-7H,(H,23,24). The van der Waals surface area contributed by atoms with E-state index < -0.39 is 5.97 Å². The number of rotatable bonds is 3. The Hall–Kier alpha value is -1.53. The van der Waals surface area contributed by atoms with Gasteiger partial charge in [-0.2, -0.15) is 0 Å². The van der Waals surface area contributed by atoms with Gasteiger partial charge in [-0.15, -0.1) is 0 Å². The summed E-state index contributed by atoms with van der Waals surface area (Å²) >= 11 is 21.4. The molecule has 1 heterocycles. The van der Waals surface area contributed by atoms with Gasteiger partial charge in [-0.1, -0.05) is 34.8 Å². The van der Waals surface area contributed by atoms with Crippen molar-refractivity contribution < 1.29 is 9.90 Å². The van der Waals surface area contributed by atoms with Crippen LogP contribution in [0.15, 0.2) is 47.1 Å². The van der Waals surface area contributed by atoms with Crippen LogP contribution in [0, 0.1) is 0 Å². The molecule has 0 aliphatic rings. The molecule has 0 saturated heterocycles. The van der Waals surface area contributed by atoms with Crippen molar-refractivity contribution in [2.24, 2.45) is 0 Å². The number of carbonyl (C=O) groups is 1. The van der Waals surface area contributed by atoms with Gasteiger partial charge in [0.1, 0.15) is 10.4 Å². The number of carboxylic acid groups (broad SMARTS) is 1. The molecule has 0 amide bonds. The molecular weight excluding hydrogens is 438 g/mol. The number of nitrogens with zero attached hydrogens (tertiary/aromatic N) is 2. The Morgan fingerprint density at radius 3 is 2.25 bits per heavy atom. The van der Waals surface area contributed by atoms with E-state index in [1.165, 1.54) is 0 Å². The minimum Gasteiger partial charge on any atom is -0.476 e. The highest BCUT2D eigenvalue weighted by molar-refractivity contribution is 9.10. The van der Waals surface area contributed by atoms with E-state index in [2.05, 4.69) is 20.9 Å². The van der Waals surface area contributed by atoms with Crippen LogP contribution in [0.2, 0.25) is 15.1 Å². The third-order valence-electron chi connectivity index (χ3n) is 3.28. The highest BCUT2D eigenvalue weighted by Crippen LogP contribution is 2.35. The molecule has 1 aromatic heterocycles. The summed E-state index contributed by atoms with van der Waals surface area (Å²) in [5.74, 6) is -0.774. The van der Waals surface area contributed by atoms with Crippen molar-refractivity contribution in [3.63, 3.8) is 0 Å². The molecule has 0 radical (unpaired) electrons. The van der Waals surface area contributed by atoms with Crippen LogP contribution in [0.25, 0.3) is 17.1 Å². The quantitative estimate of drug-likeness (QED) is 0.540. The first kappa shape index (κ1) is 17.3. The number of hydrogen-bond acceptors (Lipinski definition) is 2. The normalized spacial score (nSPS) is 10.8. The predicted molar refractivity (Wildman–Crippen MR) is 98.7 cm³/mol. The summed E-state index contributed by atoms with van der Waals surface area (Å²) in [6, 6.07) is 11.9. The number of carboxylic acids is 1. The van der Waals surface area contributed by atoms with Crippen molar-refractivity contribution >= 4 is 56.7 Å². The number of benzene rings is 2. The summed E-state index contributed by atoms with van der Waals surface area (Å²) in [6.45, 7) is 0. The fourth-order valence-corrected chi connectivity index (χ4v) is 3.46. The van der Waals surface area contributed by atoms with Crippen molar-refractivity contribution in [3.05, 3.63) is 67.8 Å². The van der Waals surface area contributed by atoms with Crippen molar-refractivity contribution in [2.75, 3.05) is 0 Å². The van der Waals surface area contributed by atoms with E-state index in [4.69, 9.17) is 34.8 Å². The van der Waals surface area contributed by atoms with E-state index in [9.17, 15) is 9.90 Å². The average molecular weight is 447 g/mol. The zero-order chi connectivity index (χ0) is 17.4. The van der Waals surface area contributed by atoms with Gasteiger partial charge in [0.25, 0.3) is 0 Å². The Labute approximate surface area is 160 Å². The van der Waals surface area contributed by atoms with Crippen molar-refractivity contribution in [1.82, 2.24) is 9.55 Å². The van der Waals surface area contributed by atoms with Gasteiger partial charge in [-0.3, -0.25) is 4.57 Å². The summed E-state index contributed by atoms with van der Waals surface area (Å²) in [7, 11) is 0. The van der Waals surface area contributed by atoms with Gasteiger partial charge < -0.3 is 5.11 Å². The van der Waals surface area contributed by atoms with Crippen LogP contribution in [-0.4, -0.2) is 20.6 Å². The maximum Gasteiger partial charge on any atom is 0.357 e. The zero-order valence-corrected chi connectivity index (χ0v) is 15.7. The number of imidazole rings is 1. The van der Waals surface area contributed by atoms with Gasteiger partial charge >= 0.3 is 5.97 Å². The molecule has 4 nitrogen and oxygen atoms in total. The van der Waals surface area contributed by atoms with Gasteiger partial charge in [0, 0.05) is 21.3 Å². The van der Waals surface area contributed by atoms with Gasteiger partial charge in [-0.25, -0.2) is 9.78 Å². The lowest BCUT2D eigenvalue weighted by molar-refractivity contribution is 0.0690. The van der Waals surface area contributed by atoms with Crippen LogP contribution in [0.5, 0.6) is 0 Å². The minimum absolute atomic E-state index is 0.119. The molecule has 0 atom stereocenters. The lowest BCUT2D eigenvalue weighted by Gasteiger charge is -2.11. The Morgan fingerprint density at radius 1 is 1.04 bits per heavy atom. The van der Waals surface area contributed by atoms with Crippen LogP contribution < -0.4 is 0 Å². The molecule has 8 heteroatoms. The molecule has 2 aromatic carbocycles. The highest BCUT2D eigenvalue weighted by Gasteiger charge is 2.23. The molecule has 122 valence electrons. The SMILES string of the molecule is O=C(O)c1nc(-c2ccc(Cl)cc2Cl)n(-c2ccc(Cl)cc2)c1Br. The number of halogens is 4. The fraction of sp³-hybridized carbons (Fsp3) is 0. The lowest BCUT2D eigenvalue weighted by Crippen LogP contribution is -1.99. The molecule has 3 aromatic rings. The van der Waals surface area contributed by atoms with E-state index >= 15 is 0 Å². The molecule has 0 saturated carbocycles. The van der Waals surface area contributed by atoms with Crippen LogP contribution in [0.3, 0.4) is 0 Å². The molecule has 1 N–H and O–H groups in total. The monoisotopic (exact) mass is 444 g/mol. The first-order valence-electron chi connectivity index (χ1n) is 6.61. The Morgan fingerprint density at radius 2 is 1.67 bits per heavy atom. The summed E-state index contributed by atoms with van der Waals surface area (Å²) in [5, 5.41) is 10.8. The molecular formula is C16H8BrCl3N2O2. The zero-order valence-electron chi connectivity index (χ0n) is 11.8. The maximum atomic E-state index is 11.5. The summed E-state index contributed by atoms with van der Waals surface area (Å²) in [5.41, 5.74) is 1.13. The molecule has 0 spiro atoms.